The number of carbonyl (C=O) groups excluding carboxylic acids is 2. The monoisotopic (exact) mass is 610 g/mol. The molecule has 0 saturated heterocycles. The van der Waals surface area contributed by atoms with Crippen molar-refractivity contribution in [3.63, 3.8) is 0 Å². The quantitative estimate of drug-likeness (QED) is 0.0466. The van der Waals surface area contributed by atoms with Gasteiger partial charge in [0.15, 0.2) is 0 Å². The second kappa shape index (κ2) is 34.3. The summed E-state index contributed by atoms with van der Waals surface area (Å²) in [5.74, 6) is -0.981. The predicted molar refractivity (Wildman–Crippen MR) is 180 cm³/mol. The lowest BCUT2D eigenvalue weighted by molar-refractivity contribution is -0.138. The number of carbonyl (C=O) groups is 2. The van der Waals surface area contributed by atoms with Crippen LogP contribution in [0.3, 0.4) is 0 Å². The third-order valence-electron chi connectivity index (χ3n) is 7.65. The van der Waals surface area contributed by atoms with E-state index in [1.807, 2.05) is 0 Å². The summed E-state index contributed by atoms with van der Waals surface area (Å²) in [6.45, 7) is 4.51. The van der Waals surface area contributed by atoms with Crippen LogP contribution >= 0.6 is 8.60 Å². The lowest BCUT2D eigenvalue weighted by Crippen LogP contribution is -2.06. The Labute approximate surface area is 261 Å². The van der Waals surface area contributed by atoms with Crippen molar-refractivity contribution in [1.29, 1.82) is 0 Å². The molecule has 0 amide bonds. The number of hydrogen-bond donors (Lipinski definition) is 1. The summed E-state index contributed by atoms with van der Waals surface area (Å²) in [6.07, 6.45) is 40.9. The molecule has 0 aliphatic rings. The standard InChI is InChI=1S/C36H67O5P/c1-3-5-7-9-11-13-15-17-19-21-23-25-27-29-31-33-35(37)40-42(39)41-36(38)34-32-30-28-26-24-22-20-18-16-14-12-10-8-6-4-2/h17-20,39H,3-16,21-34H2,1-2H3. The first-order chi connectivity index (χ1) is 20.6. The van der Waals surface area contributed by atoms with Gasteiger partial charge in [0.2, 0.25) is 0 Å². The summed E-state index contributed by atoms with van der Waals surface area (Å²) in [5.41, 5.74) is 0. The molecule has 0 fully saturated rings. The van der Waals surface area contributed by atoms with Crippen molar-refractivity contribution in [3.8, 4) is 0 Å². The van der Waals surface area contributed by atoms with E-state index in [0.29, 0.717) is 0 Å². The molecule has 0 bridgehead atoms. The Kier molecular flexibility index (Phi) is 33.3. The summed E-state index contributed by atoms with van der Waals surface area (Å²) >= 11 is 0. The molecular weight excluding hydrogens is 543 g/mol. The predicted octanol–water partition coefficient (Wildman–Crippen LogP) is 12.4. The molecular formula is C36H67O5P. The summed E-state index contributed by atoms with van der Waals surface area (Å²) in [4.78, 5) is 33.6. The van der Waals surface area contributed by atoms with Gasteiger partial charge in [-0.05, 0) is 64.2 Å². The van der Waals surface area contributed by atoms with Crippen molar-refractivity contribution in [3.05, 3.63) is 24.3 Å². The Morgan fingerprint density at radius 3 is 1.02 bits per heavy atom. The smallest absolute Gasteiger partial charge is 0.385 e. The van der Waals surface area contributed by atoms with E-state index >= 15 is 0 Å². The average Bonchev–Trinajstić information content (AvgIpc) is 2.97. The van der Waals surface area contributed by atoms with E-state index in [1.165, 1.54) is 103 Å². The third kappa shape index (κ3) is 33.3. The Morgan fingerprint density at radius 2 is 0.714 bits per heavy atom. The van der Waals surface area contributed by atoms with Crippen LogP contribution in [0.15, 0.2) is 24.3 Å². The largest absolute Gasteiger partial charge is 0.464 e. The van der Waals surface area contributed by atoms with Gasteiger partial charge >= 0.3 is 20.5 Å². The molecule has 0 radical (unpaired) electrons. The van der Waals surface area contributed by atoms with E-state index in [9.17, 15) is 14.5 Å². The summed E-state index contributed by atoms with van der Waals surface area (Å²) < 4.78 is 9.78. The molecule has 5 nitrogen and oxygen atoms in total. The van der Waals surface area contributed by atoms with Crippen molar-refractivity contribution in [2.75, 3.05) is 0 Å². The van der Waals surface area contributed by atoms with Crippen LogP contribution in [0.25, 0.3) is 0 Å². The highest BCUT2D eigenvalue weighted by Crippen LogP contribution is 2.34. The second-order valence-electron chi connectivity index (χ2n) is 11.8. The van der Waals surface area contributed by atoms with Gasteiger partial charge in [0.25, 0.3) is 0 Å². The van der Waals surface area contributed by atoms with Crippen LogP contribution in [-0.2, 0) is 18.6 Å². The molecule has 0 rings (SSSR count). The molecule has 0 heterocycles. The maximum absolute atomic E-state index is 11.9. The minimum Gasteiger partial charge on any atom is -0.385 e. The first-order valence-electron chi connectivity index (χ1n) is 17.8. The van der Waals surface area contributed by atoms with E-state index in [2.05, 4.69) is 38.2 Å². The van der Waals surface area contributed by atoms with Crippen molar-refractivity contribution in [2.24, 2.45) is 0 Å². The van der Waals surface area contributed by atoms with E-state index < -0.39 is 20.5 Å². The molecule has 6 heteroatoms. The normalized spacial score (nSPS) is 12.4. The average molecular weight is 611 g/mol. The zero-order valence-corrected chi connectivity index (χ0v) is 28.5. The van der Waals surface area contributed by atoms with Gasteiger partial charge in [-0.25, -0.2) is 0 Å². The number of allylic oxidation sites excluding steroid dienone is 4. The Balaban J connectivity index is 3.48. The number of hydrogen-bond acceptors (Lipinski definition) is 5. The van der Waals surface area contributed by atoms with E-state index in [1.54, 1.807) is 0 Å². The van der Waals surface area contributed by atoms with Crippen LogP contribution in [0.4, 0.5) is 0 Å². The first kappa shape index (κ1) is 40.8. The first-order valence-corrected chi connectivity index (χ1v) is 18.9. The fraction of sp³-hybridized carbons (Fsp3) is 0.833. The lowest BCUT2D eigenvalue weighted by atomic mass is 10.1. The van der Waals surface area contributed by atoms with Crippen molar-refractivity contribution in [2.45, 2.75) is 194 Å². The topological polar surface area (TPSA) is 72.8 Å². The van der Waals surface area contributed by atoms with Crippen molar-refractivity contribution >= 4 is 20.5 Å². The summed E-state index contributed by atoms with van der Waals surface area (Å²) in [6, 6.07) is 0. The highest BCUT2D eigenvalue weighted by molar-refractivity contribution is 7.41. The van der Waals surface area contributed by atoms with Gasteiger partial charge in [0.1, 0.15) is 0 Å². The van der Waals surface area contributed by atoms with Gasteiger partial charge in [-0.3, -0.25) is 9.59 Å². The molecule has 246 valence electrons. The highest BCUT2D eigenvalue weighted by atomic mass is 31.2. The zero-order chi connectivity index (χ0) is 30.8. The van der Waals surface area contributed by atoms with Crippen molar-refractivity contribution < 1.29 is 23.5 Å². The molecule has 0 atom stereocenters. The van der Waals surface area contributed by atoms with Gasteiger partial charge in [-0.2, -0.15) is 0 Å². The van der Waals surface area contributed by atoms with Crippen LogP contribution in [-0.4, -0.2) is 16.8 Å². The Hall–Kier alpha value is -1.19. The van der Waals surface area contributed by atoms with Crippen LogP contribution in [0.1, 0.15) is 194 Å². The molecule has 1 N–H and O–H groups in total. The molecule has 0 spiro atoms. The summed E-state index contributed by atoms with van der Waals surface area (Å²) in [7, 11) is -2.46. The van der Waals surface area contributed by atoms with Gasteiger partial charge in [-0.1, -0.05) is 141 Å². The molecule has 0 aliphatic carbocycles. The maximum Gasteiger partial charge on any atom is 0.464 e. The third-order valence-corrected chi connectivity index (χ3v) is 8.36. The van der Waals surface area contributed by atoms with Gasteiger partial charge in [0, 0.05) is 12.8 Å². The minimum absolute atomic E-state index is 0.253. The van der Waals surface area contributed by atoms with Gasteiger partial charge < -0.3 is 13.9 Å². The van der Waals surface area contributed by atoms with E-state index in [0.717, 1.165) is 64.2 Å². The molecule has 0 aromatic carbocycles. The van der Waals surface area contributed by atoms with Crippen molar-refractivity contribution in [1.82, 2.24) is 0 Å². The molecule has 0 aromatic heterocycles. The van der Waals surface area contributed by atoms with Crippen LogP contribution in [0.2, 0.25) is 0 Å². The van der Waals surface area contributed by atoms with Crippen LogP contribution in [0, 0.1) is 0 Å². The molecule has 42 heavy (non-hydrogen) atoms. The van der Waals surface area contributed by atoms with E-state index in [4.69, 9.17) is 9.05 Å². The zero-order valence-electron chi connectivity index (χ0n) is 27.6. The molecule has 0 aromatic rings. The minimum atomic E-state index is -2.46. The van der Waals surface area contributed by atoms with Crippen LogP contribution in [0.5, 0.6) is 0 Å². The van der Waals surface area contributed by atoms with Gasteiger partial charge in [0.05, 0.1) is 0 Å². The Morgan fingerprint density at radius 1 is 0.452 bits per heavy atom. The molecule has 0 aliphatic heterocycles. The summed E-state index contributed by atoms with van der Waals surface area (Å²) in [5, 5.41) is 0. The van der Waals surface area contributed by atoms with E-state index in [-0.39, 0.29) is 12.8 Å². The SMILES string of the molecule is CCCCCCCCC=CCCCCCCCC(=O)OP(O)OC(=O)CCCCCCCC=CCCCCCCCC. The second-order valence-corrected chi connectivity index (χ2v) is 12.7. The molecule has 0 unspecified atom stereocenters. The Bertz CT molecular complexity index is 595. The molecule has 0 saturated carbocycles. The lowest BCUT2D eigenvalue weighted by Gasteiger charge is -2.10. The maximum atomic E-state index is 11.9. The van der Waals surface area contributed by atoms with Crippen LogP contribution < -0.4 is 0 Å². The fourth-order valence-electron chi connectivity index (χ4n) is 4.96. The number of rotatable bonds is 32. The highest BCUT2D eigenvalue weighted by Gasteiger charge is 2.18. The van der Waals surface area contributed by atoms with Gasteiger partial charge in [-0.15, -0.1) is 0 Å². The fourth-order valence-corrected chi connectivity index (χ4v) is 5.53. The number of unbranched alkanes of at least 4 members (excludes halogenated alkanes) is 22.